The molecule has 4 rings (SSSR count). The summed E-state index contributed by atoms with van der Waals surface area (Å²) in [4.78, 5) is 16.4. The highest BCUT2D eigenvalue weighted by Gasteiger charge is 2.40. The average molecular weight is 362 g/mol. The summed E-state index contributed by atoms with van der Waals surface area (Å²) in [5, 5.41) is 6.54. The molecule has 2 fully saturated rings. The summed E-state index contributed by atoms with van der Waals surface area (Å²) < 4.78 is 6.57. The van der Waals surface area contributed by atoms with Gasteiger partial charge in [0, 0.05) is 28.2 Å². The summed E-state index contributed by atoms with van der Waals surface area (Å²) in [6.45, 7) is 0. The van der Waals surface area contributed by atoms with Crippen molar-refractivity contribution in [2.24, 2.45) is 0 Å². The molecule has 1 amide bonds. The van der Waals surface area contributed by atoms with E-state index in [1.165, 1.54) is 6.42 Å². The number of fused-ring (bicyclic) bond motifs is 2. The van der Waals surface area contributed by atoms with Crippen molar-refractivity contribution < 1.29 is 9.21 Å². The summed E-state index contributed by atoms with van der Waals surface area (Å²) in [7, 11) is 0. The monoisotopic (exact) mass is 361 g/mol. The van der Waals surface area contributed by atoms with Crippen molar-refractivity contribution in [1.82, 2.24) is 15.6 Å². The number of hydrogen-bond donors (Lipinski definition) is 2. The number of rotatable bonds is 3. The molecule has 22 heavy (non-hydrogen) atoms. The number of halogens is 1. The highest BCUT2D eigenvalue weighted by molar-refractivity contribution is 9.10. The zero-order valence-electron chi connectivity index (χ0n) is 11.9. The van der Waals surface area contributed by atoms with Crippen molar-refractivity contribution >= 4 is 21.8 Å². The number of aromatic nitrogens is 1. The van der Waals surface area contributed by atoms with Crippen LogP contribution in [-0.4, -0.2) is 29.0 Å². The molecule has 5 nitrogen and oxygen atoms in total. The molecular weight excluding hydrogens is 346 g/mol. The van der Waals surface area contributed by atoms with Crippen molar-refractivity contribution in [1.29, 1.82) is 0 Å². The van der Waals surface area contributed by atoms with Gasteiger partial charge < -0.3 is 15.1 Å². The largest absolute Gasteiger partial charge is 0.432 e. The van der Waals surface area contributed by atoms with E-state index in [4.69, 9.17) is 4.42 Å². The van der Waals surface area contributed by atoms with E-state index in [1.54, 1.807) is 6.20 Å². The van der Waals surface area contributed by atoms with E-state index in [0.29, 0.717) is 17.8 Å². The number of carbonyl (C=O) groups excluding carboxylic acids is 1. The Balaban J connectivity index is 1.48. The van der Waals surface area contributed by atoms with Crippen LogP contribution < -0.4 is 10.6 Å². The second kappa shape index (κ2) is 5.52. The maximum Gasteiger partial charge on any atom is 0.307 e. The van der Waals surface area contributed by atoms with E-state index >= 15 is 0 Å². The van der Waals surface area contributed by atoms with Gasteiger partial charge in [-0.25, -0.2) is 4.98 Å². The molecule has 0 saturated carbocycles. The topological polar surface area (TPSA) is 67.2 Å². The lowest BCUT2D eigenvalue weighted by Gasteiger charge is -2.20. The first kappa shape index (κ1) is 14.0. The van der Waals surface area contributed by atoms with Crippen molar-refractivity contribution in [3.63, 3.8) is 0 Å². The third-order valence-corrected chi connectivity index (χ3v) is 4.92. The normalized spacial score (nSPS) is 26.3. The van der Waals surface area contributed by atoms with Gasteiger partial charge in [-0.05, 0) is 31.4 Å². The van der Waals surface area contributed by atoms with Crippen LogP contribution in [0.3, 0.4) is 0 Å². The first-order valence-electron chi connectivity index (χ1n) is 7.48. The average Bonchev–Trinajstić information content (AvgIpc) is 3.23. The van der Waals surface area contributed by atoms with Gasteiger partial charge in [-0.2, -0.15) is 0 Å². The number of benzene rings is 1. The lowest BCUT2D eigenvalue weighted by atomic mass is 9.95. The van der Waals surface area contributed by atoms with E-state index in [1.807, 2.05) is 24.3 Å². The van der Waals surface area contributed by atoms with Crippen LogP contribution in [0.2, 0.25) is 0 Å². The van der Waals surface area contributed by atoms with Crippen LogP contribution in [0.1, 0.15) is 29.9 Å². The maximum atomic E-state index is 12.3. The minimum atomic E-state index is -0.236. The van der Waals surface area contributed by atoms with Gasteiger partial charge in [-0.15, -0.1) is 0 Å². The molecule has 2 aromatic rings. The van der Waals surface area contributed by atoms with Gasteiger partial charge in [0.25, 0.3) is 5.89 Å². The van der Waals surface area contributed by atoms with E-state index in [0.717, 1.165) is 22.9 Å². The Bertz CT molecular complexity index is 715. The Hall–Kier alpha value is -1.66. The number of carbonyl (C=O) groups is 1. The zero-order valence-corrected chi connectivity index (χ0v) is 13.5. The standard InChI is InChI=1S/C16H16BrN3O2/c17-10-3-1-2-9(6-10)14-8-18-16(22-14)15(21)20-13-7-11-4-5-12(13)19-11/h1-3,6,8,11-13,19H,4-5,7H2,(H,20,21). The SMILES string of the molecule is O=C(NC1CC2CCC1N2)c1ncc(-c2cccc(Br)c2)o1. The predicted molar refractivity (Wildman–Crippen MR) is 85.5 cm³/mol. The van der Waals surface area contributed by atoms with Crippen LogP contribution in [-0.2, 0) is 0 Å². The van der Waals surface area contributed by atoms with E-state index in [-0.39, 0.29) is 17.8 Å². The molecule has 2 aliphatic heterocycles. The molecule has 2 saturated heterocycles. The molecule has 1 aromatic heterocycles. The predicted octanol–water partition coefficient (Wildman–Crippen LogP) is 2.73. The molecule has 3 atom stereocenters. The fourth-order valence-electron chi connectivity index (χ4n) is 3.37. The first-order chi connectivity index (χ1) is 10.7. The molecule has 3 unspecified atom stereocenters. The van der Waals surface area contributed by atoms with Crippen LogP contribution in [0.15, 0.2) is 39.4 Å². The molecule has 0 radical (unpaired) electrons. The number of oxazole rings is 1. The molecule has 114 valence electrons. The lowest BCUT2D eigenvalue weighted by molar-refractivity contribution is 0.0896. The van der Waals surface area contributed by atoms with Gasteiger partial charge in [-0.3, -0.25) is 4.79 Å². The van der Waals surface area contributed by atoms with Gasteiger partial charge in [0.2, 0.25) is 0 Å². The van der Waals surface area contributed by atoms with Crippen molar-refractivity contribution in [3.05, 3.63) is 40.8 Å². The number of nitrogens with one attached hydrogen (secondary N) is 2. The van der Waals surface area contributed by atoms with Crippen molar-refractivity contribution in [2.45, 2.75) is 37.4 Å². The molecule has 6 heteroatoms. The second-order valence-electron chi connectivity index (χ2n) is 5.90. The highest BCUT2D eigenvalue weighted by Crippen LogP contribution is 2.28. The quantitative estimate of drug-likeness (QED) is 0.881. The van der Waals surface area contributed by atoms with E-state index in [9.17, 15) is 4.79 Å². The minimum absolute atomic E-state index is 0.123. The summed E-state index contributed by atoms with van der Waals surface area (Å²) in [5.74, 6) is 0.482. The summed E-state index contributed by atoms with van der Waals surface area (Å²) >= 11 is 3.42. The zero-order chi connectivity index (χ0) is 15.1. The smallest absolute Gasteiger partial charge is 0.307 e. The lowest BCUT2D eigenvalue weighted by Crippen LogP contribution is -2.43. The summed E-state index contributed by atoms with van der Waals surface area (Å²) in [6.07, 6.45) is 4.93. The van der Waals surface area contributed by atoms with Crippen molar-refractivity contribution in [3.8, 4) is 11.3 Å². The fourth-order valence-corrected chi connectivity index (χ4v) is 3.77. The van der Waals surface area contributed by atoms with Gasteiger partial charge in [0.15, 0.2) is 5.76 Å². The fraction of sp³-hybridized carbons (Fsp3) is 0.375. The second-order valence-corrected chi connectivity index (χ2v) is 6.82. The third kappa shape index (κ3) is 2.57. The Kier molecular flexibility index (Phi) is 3.50. The molecule has 0 aliphatic carbocycles. The van der Waals surface area contributed by atoms with Gasteiger partial charge in [0.1, 0.15) is 0 Å². The van der Waals surface area contributed by atoms with Crippen molar-refractivity contribution in [2.75, 3.05) is 0 Å². The first-order valence-corrected chi connectivity index (χ1v) is 8.27. The van der Waals surface area contributed by atoms with Crippen LogP contribution >= 0.6 is 15.9 Å². The highest BCUT2D eigenvalue weighted by atomic mass is 79.9. The third-order valence-electron chi connectivity index (χ3n) is 4.43. The van der Waals surface area contributed by atoms with E-state index < -0.39 is 0 Å². The Labute approximate surface area is 136 Å². The molecule has 0 spiro atoms. The van der Waals surface area contributed by atoms with Crippen LogP contribution in [0, 0.1) is 0 Å². The Morgan fingerprint density at radius 2 is 2.32 bits per heavy atom. The molecule has 3 heterocycles. The maximum absolute atomic E-state index is 12.3. The van der Waals surface area contributed by atoms with E-state index in [2.05, 4.69) is 31.5 Å². The van der Waals surface area contributed by atoms with Gasteiger partial charge in [0.05, 0.1) is 6.20 Å². The molecule has 2 aliphatic rings. The van der Waals surface area contributed by atoms with Gasteiger partial charge in [-0.1, -0.05) is 28.1 Å². The van der Waals surface area contributed by atoms with Gasteiger partial charge >= 0.3 is 5.91 Å². The Morgan fingerprint density at radius 3 is 3.05 bits per heavy atom. The molecular formula is C16H16BrN3O2. The summed E-state index contributed by atoms with van der Waals surface area (Å²) in [6, 6.07) is 8.85. The number of nitrogens with zero attached hydrogens (tertiary/aromatic N) is 1. The van der Waals surface area contributed by atoms with Crippen LogP contribution in [0.4, 0.5) is 0 Å². The number of amides is 1. The molecule has 2 bridgehead atoms. The minimum Gasteiger partial charge on any atom is -0.432 e. The summed E-state index contributed by atoms with van der Waals surface area (Å²) in [5.41, 5.74) is 0.891. The molecule has 2 N–H and O–H groups in total. The Morgan fingerprint density at radius 1 is 1.41 bits per heavy atom. The van der Waals surface area contributed by atoms with Crippen LogP contribution in [0.5, 0.6) is 0 Å². The number of hydrogen-bond acceptors (Lipinski definition) is 4. The molecule has 1 aromatic carbocycles. The van der Waals surface area contributed by atoms with Crippen LogP contribution in [0.25, 0.3) is 11.3 Å².